The number of aliphatic hydroxyl groups excluding tert-OH is 2. The van der Waals surface area contributed by atoms with E-state index in [1.54, 1.807) is 0 Å². The predicted octanol–water partition coefficient (Wildman–Crippen LogP) is 4.61. The van der Waals surface area contributed by atoms with E-state index in [4.69, 9.17) is 0 Å². The Hall–Kier alpha value is -1.13. The van der Waals surface area contributed by atoms with Crippen molar-refractivity contribution in [1.82, 2.24) is 4.90 Å². The molecule has 1 saturated carbocycles. The maximum absolute atomic E-state index is 12.1. The molecular formula is C25H41NO3. The average molecular weight is 404 g/mol. The first-order valence-corrected chi connectivity index (χ1v) is 12.1. The number of fused-ring (bicyclic) bond motifs is 1. The van der Waals surface area contributed by atoms with E-state index >= 15 is 0 Å². The number of hydrogen-bond donors (Lipinski definition) is 2. The number of amides is 1. The van der Waals surface area contributed by atoms with E-state index in [2.05, 4.69) is 19.1 Å². The molecule has 5 atom stereocenters. The van der Waals surface area contributed by atoms with Gasteiger partial charge in [-0.3, -0.25) is 4.79 Å². The van der Waals surface area contributed by atoms with Crippen LogP contribution in [0.4, 0.5) is 0 Å². The lowest BCUT2D eigenvalue weighted by molar-refractivity contribution is -0.130. The van der Waals surface area contributed by atoms with Crippen LogP contribution in [0.1, 0.15) is 84.0 Å². The second-order valence-electron chi connectivity index (χ2n) is 9.48. The molecule has 2 fully saturated rings. The topological polar surface area (TPSA) is 60.8 Å². The van der Waals surface area contributed by atoms with Crippen LogP contribution in [-0.2, 0) is 4.79 Å². The van der Waals surface area contributed by atoms with Crippen LogP contribution >= 0.6 is 0 Å². The summed E-state index contributed by atoms with van der Waals surface area (Å²) in [5, 5.41) is 20.7. The largest absolute Gasteiger partial charge is 0.392 e. The summed E-state index contributed by atoms with van der Waals surface area (Å²) in [4.78, 5) is 14.2. The van der Waals surface area contributed by atoms with Crippen LogP contribution in [0.2, 0.25) is 0 Å². The van der Waals surface area contributed by atoms with Gasteiger partial charge < -0.3 is 15.1 Å². The highest BCUT2D eigenvalue weighted by Crippen LogP contribution is 2.48. The Kier molecular flexibility index (Phi) is 8.80. The Morgan fingerprint density at radius 1 is 1.24 bits per heavy atom. The molecule has 164 valence electrons. The lowest BCUT2D eigenvalue weighted by Crippen LogP contribution is -2.27. The average Bonchev–Trinajstić information content (AvgIpc) is 3.41. The third kappa shape index (κ3) is 6.42. The second-order valence-corrected chi connectivity index (χ2v) is 9.48. The van der Waals surface area contributed by atoms with Gasteiger partial charge in [0.15, 0.2) is 0 Å². The second kappa shape index (κ2) is 11.3. The molecule has 0 aromatic rings. The van der Waals surface area contributed by atoms with E-state index in [1.807, 2.05) is 11.0 Å². The molecule has 0 radical (unpaired) electrons. The van der Waals surface area contributed by atoms with Crippen molar-refractivity contribution >= 4 is 5.91 Å². The van der Waals surface area contributed by atoms with E-state index in [9.17, 15) is 15.0 Å². The Morgan fingerprint density at radius 2 is 2.03 bits per heavy atom. The smallest absolute Gasteiger partial charge is 0.222 e. The van der Waals surface area contributed by atoms with Gasteiger partial charge in [0.2, 0.25) is 5.91 Å². The first-order chi connectivity index (χ1) is 14.1. The van der Waals surface area contributed by atoms with E-state index < -0.39 is 0 Å². The number of likely N-dealkylation sites (tertiary alicyclic amines) is 1. The summed E-state index contributed by atoms with van der Waals surface area (Å²) >= 11 is 0. The van der Waals surface area contributed by atoms with Gasteiger partial charge in [-0.1, -0.05) is 50.0 Å². The minimum Gasteiger partial charge on any atom is -0.392 e. The lowest BCUT2D eigenvalue weighted by Gasteiger charge is -2.19. The van der Waals surface area contributed by atoms with Crippen molar-refractivity contribution in [2.24, 2.45) is 17.8 Å². The highest BCUT2D eigenvalue weighted by molar-refractivity contribution is 5.76. The Balaban J connectivity index is 1.38. The van der Waals surface area contributed by atoms with Crippen LogP contribution in [0.5, 0.6) is 0 Å². The van der Waals surface area contributed by atoms with Gasteiger partial charge in [-0.05, 0) is 63.2 Å². The van der Waals surface area contributed by atoms with E-state index in [0.29, 0.717) is 24.2 Å². The van der Waals surface area contributed by atoms with Crippen LogP contribution in [0.3, 0.4) is 0 Å². The zero-order valence-electron chi connectivity index (χ0n) is 18.3. The number of hydrogen-bond acceptors (Lipinski definition) is 3. The summed E-state index contributed by atoms with van der Waals surface area (Å²) in [5.74, 6) is 1.49. The maximum atomic E-state index is 12.1. The SMILES string of the molecule is CCCCC[C@@H](O)/C=C/[C@@H]1[C@H]2CC(CCCCC(=O)N3CCCC3)=C[C@H]2C[C@H]1O. The molecule has 1 heterocycles. The highest BCUT2D eigenvalue weighted by Gasteiger charge is 2.43. The van der Waals surface area contributed by atoms with Gasteiger partial charge in [-0.2, -0.15) is 0 Å². The standard InChI is InChI=1S/C25H41NO3/c1-2-3-4-10-21(27)12-13-22-23-17-19(16-20(23)18-24(22)28)9-5-6-11-25(29)26-14-7-8-15-26/h12-13,16,20-24,27-28H,2-11,14-15,17-18H2,1H3/b13-12+/t20-,21+,22+,23-,24+/m0/s1. The van der Waals surface area contributed by atoms with Crippen molar-refractivity contribution in [2.45, 2.75) is 96.2 Å². The molecule has 3 rings (SSSR count). The lowest BCUT2D eigenvalue weighted by atomic mass is 9.88. The fourth-order valence-electron chi connectivity index (χ4n) is 5.50. The van der Waals surface area contributed by atoms with Crippen molar-refractivity contribution < 1.29 is 15.0 Å². The summed E-state index contributed by atoms with van der Waals surface area (Å²) in [6.07, 6.45) is 18.1. The molecule has 1 aliphatic heterocycles. The zero-order chi connectivity index (χ0) is 20.6. The molecule has 0 aromatic heterocycles. The summed E-state index contributed by atoms with van der Waals surface area (Å²) in [6.45, 7) is 4.09. The van der Waals surface area contributed by atoms with Gasteiger partial charge in [0.05, 0.1) is 12.2 Å². The summed E-state index contributed by atoms with van der Waals surface area (Å²) in [5.41, 5.74) is 1.52. The van der Waals surface area contributed by atoms with Gasteiger partial charge in [0, 0.05) is 25.4 Å². The van der Waals surface area contributed by atoms with Crippen LogP contribution in [0.15, 0.2) is 23.8 Å². The van der Waals surface area contributed by atoms with Crippen molar-refractivity contribution in [3.8, 4) is 0 Å². The minimum atomic E-state index is -0.380. The van der Waals surface area contributed by atoms with Gasteiger partial charge in [-0.15, -0.1) is 0 Å². The quantitative estimate of drug-likeness (QED) is 0.391. The van der Waals surface area contributed by atoms with E-state index in [0.717, 1.165) is 58.0 Å². The molecule has 1 amide bonds. The first kappa shape index (κ1) is 22.6. The van der Waals surface area contributed by atoms with E-state index in [-0.39, 0.29) is 18.1 Å². The molecule has 4 nitrogen and oxygen atoms in total. The first-order valence-electron chi connectivity index (χ1n) is 12.1. The summed E-state index contributed by atoms with van der Waals surface area (Å²) in [6, 6.07) is 0. The van der Waals surface area contributed by atoms with Crippen LogP contribution in [-0.4, -0.2) is 46.3 Å². The molecule has 0 unspecified atom stereocenters. The molecule has 0 aromatic carbocycles. The van der Waals surface area contributed by atoms with Gasteiger partial charge >= 0.3 is 0 Å². The molecule has 4 heteroatoms. The van der Waals surface area contributed by atoms with Crippen LogP contribution in [0.25, 0.3) is 0 Å². The number of nitrogens with zero attached hydrogens (tertiary/aromatic N) is 1. The Labute approximate surface area is 177 Å². The Bertz CT molecular complexity index is 579. The number of rotatable bonds is 11. The number of carbonyl (C=O) groups is 1. The molecule has 1 saturated heterocycles. The summed E-state index contributed by atoms with van der Waals surface area (Å²) in [7, 11) is 0. The number of carbonyl (C=O) groups excluding carboxylic acids is 1. The third-order valence-electron chi connectivity index (χ3n) is 7.21. The van der Waals surface area contributed by atoms with Gasteiger partial charge in [-0.25, -0.2) is 0 Å². The van der Waals surface area contributed by atoms with Crippen LogP contribution < -0.4 is 0 Å². The van der Waals surface area contributed by atoms with Crippen molar-refractivity contribution in [3.63, 3.8) is 0 Å². The Morgan fingerprint density at radius 3 is 2.79 bits per heavy atom. The molecule has 2 aliphatic carbocycles. The summed E-state index contributed by atoms with van der Waals surface area (Å²) < 4.78 is 0. The van der Waals surface area contributed by atoms with Gasteiger partial charge in [0.1, 0.15) is 0 Å². The van der Waals surface area contributed by atoms with E-state index in [1.165, 1.54) is 31.3 Å². The molecule has 2 N–H and O–H groups in total. The number of aliphatic hydroxyl groups is 2. The monoisotopic (exact) mass is 403 g/mol. The number of allylic oxidation sites excluding steroid dienone is 2. The fraction of sp³-hybridized carbons (Fsp3) is 0.800. The number of unbranched alkanes of at least 4 members (excludes halogenated alkanes) is 3. The molecule has 29 heavy (non-hydrogen) atoms. The highest BCUT2D eigenvalue weighted by atomic mass is 16.3. The molecule has 0 spiro atoms. The van der Waals surface area contributed by atoms with Crippen LogP contribution in [0, 0.1) is 17.8 Å². The third-order valence-corrected chi connectivity index (χ3v) is 7.21. The van der Waals surface area contributed by atoms with Crippen molar-refractivity contribution in [3.05, 3.63) is 23.8 Å². The molecule has 3 aliphatic rings. The van der Waals surface area contributed by atoms with Crippen molar-refractivity contribution in [2.75, 3.05) is 13.1 Å². The molecule has 0 bridgehead atoms. The van der Waals surface area contributed by atoms with Crippen molar-refractivity contribution in [1.29, 1.82) is 0 Å². The normalized spacial score (nSPS) is 30.2. The van der Waals surface area contributed by atoms with Gasteiger partial charge in [0.25, 0.3) is 0 Å². The molecular weight excluding hydrogens is 362 g/mol. The maximum Gasteiger partial charge on any atom is 0.222 e. The minimum absolute atomic E-state index is 0.173. The predicted molar refractivity (Wildman–Crippen MR) is 117 cm³/mol. The zero-order valence-corrected chi connectivity index (χ0v) is 18.3. The fourth-order valence-corrected chi connectivity index (χ4v) is 5.50.